The van der Waals surface area contributed by atoms with Crippen LogP contribution in [0.25, 0.3) is 0 Å². The van der Waals surface area contributed by atoms with Crippen LogP contribution in [0.4, 0.5) is 5.82 Å². The number of aromatic nitrogens is 1. The highest BCUT2D eigenvalue weighted by Gasteiger charge is 2.19. The first kappa shape index (κ1) is 19.6. The van der Waals surface area contributed by atoms with E-state index in [4.69, 9.17) is 4.74 Å². The van der Waals surface area contributed by atoms with Crippen molar-refractivity contribution >= 4 is 27.7 Å². The molecule has 1 aromatic carbocycles. The van der Waals surface area contributed by atoms with Crippen molar-refractivity contribution in [3.05, 3.63) is 52.6 Å². The number of methoxy groups -OCH3 is 1. The summed E-state index contributed by atoms with van der Waals surface area (Å²) in [7, 11) is 1.66. The number of nitrogens with one attached hydrogen (secondary N) is 1. The minimum Gasteiger partial charge on any atom is -0.497 e. The van der Waals surface area contributed by atoms with Crippen molar-refractivity contribution in [1.29, 1.82) is 0 Å². The Morgan fingerprint density at radius 1 is 1.15 bits per heavy atom. The van der Waals surface area contributed by atoms with Gasteiger partial charge in [0.1, 0.15) is 11.6 Å². The second-order valence-electron chi connectivity index (χ2n) is 6.55. The minimum atomic E-state index is 0.0822. The lowest BCUT2D eigenvalue weighted by Crippen LogP contribution is -2.49. The topological polar surface area (TPSA) is 57.7 Å². The lowest BCUT2D eigenvalue weighted by Gasteiger charge is -2.35. The summed E-state index contributed by atoms with van der Waals surface area (Å²) in [5.74, 6) is 1.92. The molecule has 1 aliphatic heterocycles. The quantitative estimate of drug-likeness (QED) is 0.727. The van der Waals surface area contributed by atoms with Gasteiger partial charge in [-0.1, -0.05) is 12.1 Å². The average Bonchev–Trinajstić information content (AvgIpc) is 2.70. The number of hydrogen-bond acceptors (Lipinski definition) is 5. The summed E-state index contributed by atoms with van der Waals surface area (Å²) < 4.78 is 6.14. The molecule has 2 heterocycles. The molecule has 0 atom stereocenters. The van der Waals surface area contributed by atoms with Gasteiger partial charge in [-0.3, -0.25) is 9.69 Å². The third-order valence-electron chi connectivity index (χ3n) is 4.67. The first-order chi connectivity index (χ1) is 13.1. The van der Waals surface area contributed by atoms with Crippen LogP contribution in [0.5, 0.6) is 5.75 Å². The predicted molar refractivity (Wildman–Crippen MR) is 110 cm³/mol. The van der Waals surface area contributed by atoms with Gasteiger partial charge in [0, 0.05) is 43.4 Å². The normalized spacial score (nSPS) is 14.8. The molecule has 0 unspecified atom stereocenters. The van der Waals surface area contributed by atoms with Crippen LogP contribution in [-0.4, -0.2) is 62.2 Å². The highest BCUT2D eigenvalue weighted by Crippen LogP contribution is 2.16. The fraction of sp³-hybridized carbons (Fsp3) is 0.400. The number of carbonyl (C=O) groups is 1. The molecule has 1 saturated heterocycles. The van der Waals surface area contributed by atoms with Crippen LogP contribution in [0, 0.1) is 0 Å². The molecule has 2 aromatic rings. The largest absolute Gasteiger partial charge is 0.497 e. The summed E-state index contributed by atoms with van der Waals surface area (Å²) in [6.45, 7) is 4.59. The summed E-state index contributed by atoms with van der Waals surface area (Å²) in [5.41, 5.74) is 1.19. The van der Waals surface area contributed by atoms with Gasteiger partial charge in [0.2, 0.25) is 5.91 Å². The molecule has 0 bridgehead atoms. The Balaban J connectivity index is 1.35. The van der Waals surface area contributed by atoms with Crippen LogP contribution in [0.15, 0.2) is 47.1 Å². The highest BCUT2D eigenvalue weighted by atomic mass is 79.9. The zero-order valence-corrected chi connectivity index (χ0v) is 17.1. The van der Waals surface area contributed by atoms with E-state index in [0.29, 0.717) is 13.1 Å². The van der Waals surface area contributed by atoms with E-state index in [-0.39, 0.29) is 5.91 Å². The predicted octanol–water partition coefficient (Wildman–Crippen LogP) is 2.33. The van der Waals surface area contributed by atoms with Crippen molar-refractivity contribution in [3.63, 3.8) is 0 Å². The molecule has 1 aliphatic rings. The van der Waals surface area contributed by atoms with E-state index >= 15 is 0 Å². The molecular weight excluding hydrogens is 408 g/mol. The Morgan fingerprint density at radius 3 is 2.52 bits per heavy atom. The lowest BCUT2D eigenvalue weighted by molar-refractivity contribution is -0.122. The van der Waals surface area contributed by atoms with Gasteiger partial charge in [0.25, 0.3) is 0 Å². The van der Waals surface area contributed by atoms with Crippen LogP contribution in [0.1, 0.15) is 5.56 Å². The van der Waals surface area contributed by atoms with Crippen molar-refractivity contribution in [3.8, 4) is 5.75 Å². The zero-order chi connectivity index (χ0) is 19.1. The summed E-state index contributed by atoms with van der Waals surface area (Å²) in [6, 6.07) is 12.0. The number of ether oxygens (including phenoxy) is 1. The molecule has 7 heteroatoms. The Labute approximate surface area is 168 Å². The van der Waals surface area contributed by atoms with Crippen molar-refractivity contribution < 1.29 is 9.53 Å². The Bertz CT molecular complexity index is 729. The number of amides is 1. The molecule has 1 N–H and O–H groups in total. The Kier molecular flexibility index (Phi) is 7.06. The van der Waals surface area contributed by atoms with Gasteiger partial charge in [-0.15, -0.1) is 0 Å². The van der Waals surface area contributed by atoms with E-state index in [1.54, 1.807) is 7.11 Å². The summed E-state index contributed by atoms with van der Waals surface area (Å²) >= 11 is 3.41. The number of carbonyl (C=O) groups excluding carboxylic acids is 1. The first-order valence-electron chi connectivity index (χ1n) is 9.12. The van der Waals surface area contributed by atoms with E-state index in [0.717, 1.165) is 48.6 Å². The number of piperazine rings is 1. The number of rotatable bonds is 7. The highest BCUT2D eigenvalue weighted by molar-refractivity contribution is 9.10. The van der Waals surface area contributed by atoms with E-state index < -0.39 is 0 Å². The van der Waals surface area contributed by atoms with Gasteiger partial charge in [-0.25, -0.2) is 4.98 Å². The molecule has 1 amide bonds. The molecule has 27 heavy (non-hydrogen) atoms. The van der Waals surface area contributed by atoms with Crippen LogP contribution in [-0.2, 0) is 11.2 Å². The fourth-order valence-corrected chi connectivity index (χ4v) is 3.32. The number of hydrogen-bond donors (Lipinski definition) is 1. The molecule has 0 aliphatic carbocycles. The van der Waals surface area contributed by atoms with E-state index in [9.17, 15) is 4.79 Å². The summed E-state index contributed by atoms with van der Waals surface area (Å²) in [6.07, 6.45) is 2.64. The van der Waals surface area contributed by atoms with E-state index in [1.807, 2.05) is 42.6 Å². The van der Waals surface area contributed by atoms with Crippen molar-refractivity contribution in [2.24, 2.45) is 0 Å². The number of benzene rings is 1. The molecule has 1 aromatic heterocycles. The van der Waals surface area contributed by atoms with Gasteiger partial charge >= 0.3 is 0 Å². The first-order valence-corrected chi connectivity index (χ1v) is 9.92. The SMILES string of the molecule is COc1ccc(CCNC(=O)CN2CCN(c3ccc(Br)cn3)CC2)cc1. The maximum atomic E-state index is 12.2. The second-order valence-corrected chi connectivity index (χ2v) is 7.46. The molecular formula is C20H25BrN4O2. The number of halogens is 1. The number of pyridine rings is 1. The Morgan fingerprint density at radius 2 is 1.89 bits per heavy atom. The molecule has 0 radical (unpaired) electrons. The number of anilines is 1. The molecule has 0 saturated carbocycles. The maximum Gasteiger partial charge on any atom is 0.234 e. The van der Waals surface area contributed by atoms with Crippen LogP contribution >= 0.6 is 15.9 Å². The molecule has 6 nitrogen and oxygen atoms in total. The summed E-state index contributed by atoms with van der Waals surface area (Å²) in [5, 5.41) is 3.01. The van der Waals surface area contributed by atoms with Crippen molar-refractivity contribution in [2.45, 2.75) is 6.42 Å². The Hall–Kier alpha value is -2.12. The molecule has 0 spiro atoms. The maximum absolute atomic E-state index is 12.2. The minimum absolute atomic E-state index is 0.0822. The average molecular weight is 433 g/mol. The second kappa shape index (κ2) is 9.71. The van der Waals surface area contributed by atoms with Crippen molar-refractivity contribution in [1.82, 2.24) is 15.2 Å². The van der Waals surface area contributed by atoms with Crippen LogP contribution < -0.4 is 15.0 Å². The van der Waals surface area contributed by atoms with Crippen molar-refractivity contribution in [2.75, 3.05) is 51.3 Å². The van der Waals surface area contributed by atoms with Gasteiger partial charge in [0.05, 0.1) is 13.7 Å². The fourth-order valence-electron chi connectivity index (χ4n) is 3.09. The third kappa shape index (κ3) is 5.94. The summed E-state index contributed by atoms with van der Waals surface area (Å²) in [4.78, 5) is 21.1. The standard InChI is InChI=1S/C20H25BrN4O2/c1-27-18-5-2-16(3-6-18)8-9-22-20(26)15-24-10-12-25(13-11-24)19-7-4-17(21)14-23-19/h2-7,14H,8-13,15H2,1H3,(H,22,26). The lowest BCUT2D eigenvalue weighted by atomic mass is 10.1. The smallest absolute Gasteiger partial charge is 0.234 e. The monoisotopic (exact) mass is 432 g/mol. The van der Waals surface area contributed by atoms with E-state index in [2.05, 4.69) is 36.0 Å². The molecule has 3 rings (SSSR count). The van der Waals surface area contributed by atoms with Crippen LogP contribution in [0.3, 0.4) is 0 Å². The van der Waals surface area contributed by atoms with Gasteiger partial charge in [0.15, 0.2) is 0 Å². The third-order valence-corrected chi connectivity index (χ3v) is 5.14. The molecule has 144 valence electrons. The van der Waals surface area contributed by atoms with Gasteiger partial charge < -0.3 is 15.0 Å². The van der Waals surface area contributed by atoms with Gasteiger partial charge in [-0.2, -0.15) is 0 Å². The number of nitrogens with zero attached hydrogens (tertiary/aromatic N) is 3. The van der Waals surface area contributed by atoms with Crippen LogP contribution in [0.2, 0.25) is 0 Å². The van der Waals surface area contributed by atoms with Gasteiger partial charge in [-0.05, 0) is 52.2 Å². The zero-order valence-electron chi connectivity index (χ0n) is 15.5. The van der Waals surface area contributed by atoms with E-state index in [1.165, 1.54) is 5.56 Å². The molecule has 1 fully saturated rings.